The lowest BCUT2D eigenvalue weighted by molar-refractivity contribution is -0.126. The highest BCUT2D eigenvalue weighted by atomic mass is 16.2. The molecule has 1 saturated carbocycles. The van der Waals surface area contributed by atoms with Crippen molar-refractivity contribution in [3.05, 3.63) is 18.1 Å². The molecule has 2 unspecified atom stereocenters. The fraction of sp³-hybridized carbons (Fsp3) is 0.727. The molecule has 1 aliphatic carbocycles. The van der Waals surface area contributed by atoms with E-state index in [0.717, 1.165) is 57.6 Å². The summed E-state index contributed by atoms with van der Waals surface area (Å²) in [5.41, 5.74) is -0.0730. The molecule has 0 aromatic carbocycles. The number of amides is 1. The van der Waals surface area contributed by atoms with Crippen LogP contribution in [0.5, 0.6) is 0 Å². The van der Waals surface area contributed by atoms with E-state index in [-0.39, 0.29) is 29.2 Å². The Bertz CT molecular complexity index is 769. The van der Waals surface area contributed by atoms with E-state index in [4.69, 9.17) is 5.26 Å². The van der Waals surface area contributed by atoms with Gasteiger partial charge in [0.2, 0.25) is 11.7 Å². The Balaban J connectivity index is 1.50. The molecule has 0 radical (unpaired) electrons. The van der Waals surface area contributed by atoms with Crippen LogP contribution in [-0.4, -0.2) is 59.0 Å². The number of likely N-dealkylation sites (N-methyl/N-ethyl adjacent to an activating group) is 1. The smallest absolute Gasteiger partial charge is 0.234 e. The Labute approximate surface area is 173 Å². The van der Waals surface area contributed by atoms with E-state index in [1.807, 2.05) is 12.1 Å². The first kappa shape index (κ1) is 20.1. The van der Waals surface area contributed by atoms with Crippen molar-refractivity contribution < 1.29 is 4.79 Å². The lowest BCUT2D eigenvalue weighted by Crippen LogP contribution is -2.64. The number of likely N-dealkylation sites (tertiary alicyclic amines) is 1. The molecule has 2 saturated heterocycles. The molecule has 4 rings (SSSR count). The second-order valence-corrected chi connectivity index (χ2v) is 8.94. The topological polar surface area (TPSA) is 85.2 Å². The van der Waals surface area contributed by atoms with Crippen LogP contribution in [0.2, 0.25) is 0 Å². The van der Waals surface area contributed by atoms with Crippen LogP contribution in [0.4, 0.5) is 5.82 Å². The molecule has 0 bridgehead atoms. The van der Waals surface area contributed by atoms with Crippen molar-refractivity contribution in [2.24, 2.45) is 5.92 Å². The van der Waals surface area contributed by atoms with Crippen LogP contribution in [-0.2, 0) is 4.79 Å². The summed E-state index contributed by atoms with van der Waals surface area (Å²) in [5, 5.41) is 12.6. The molecule has 29 heavy (non-hydrogen) atoms. The Morgan fingerprint density at radius 2 is 2.00 bits per heavy atom. The van der Waals surface area contributed by atoms with Crippen LogP contribution in [0.15, 0.2) is 12.3 Å². The summed E-state index contributed by atoms with van der Waals surface area (Å²) >= 11 is 0. The molecule has 3 heterocycles. The molecular weight excluding hydrogens is 364 g/mol. The van der Waals surface area contributed by atoms with E-state index < -0.39 is 0 Å². The summed E-state index contributed by atoms with van der Waals surface area (Å²) in [4.78, 5) is 26.2. The van der Waals surface area contributed by atoms with E-state index >= 15 is 0 Å². The summed E-state index contributed by atoms with van der Waals surface area (Å²) < 4.78 is 0. The van der Waals surface area contributed by atoms with Crippen molar-refractivity contribution in [1.82, 2.24) is 20.2 Å². The molecule has 1 amide bonds. The van der Waals surface area contributed by atoms with Crippen molar-refractivity contribution in [1.29, 1.82) is 5.26 Å². The summed E-state index contributed by atoms with van der Waals surface area (Å²) in [6.45, 7) is 2.73. The van der Waals surface area contributed by atoms with Gasteiger partial charge in [-0.3, -0.25) is 9.69 Å². The Kier molecular flexibility index (Phi) is 6.00. The molecule has 1 spiro atoms. The first-order valence-electron chi connectivity index (χ1n) is 11.1. The van der Waals surface area contributed by atoms with Crippen LogP contribution in [0.1, 0.15) is 63.6 Å². The van der Waals surface area contributed by atoms with Crippen LogP contribution in [0.3, 0.4) is 0 Å². The van der Waals surface area contributed by atoms with Crippen molar-refractivity contribution in [2.45, 2.75) is 69.4 Å². The van der Waals surface area contributed by atoms with Gasteiger partial charge in [-0.2, -0.15) is 5.26 Å². The molecule has 3 aliphatic rings. The zero-order valence-electron chi connectivity index (χ0n) is 17.4. The summed E-state index contributed by atoms with van der Waals surface area (Å²) in [5.74, 6) is 1.46. The maximum absolute atomic E-state index is 13.1. The van der Waals surface area contributed by atoms with E-state index in [2.05, 4.69) is 32.1 Å². The number of carbonyl (C=O) groups is 1. The van der Waals surface area contributed by atoms with E-state index in [1.165, 1.54) is 25.7 Å². The molecule has 156 valence electrons. The van der Waals surface area contributed by atoms with Crippen LogP contribution in [0, 0.1) is 17.2 Å². The number of nitriles is 1. The second-order valence-electron chi connectivity index (χ2n) is 8.94. The van der Waals surface area contributed by atoms with Gasteiger partial charge in [-0.15, -0.1) is 0 Å². The van der Waals surface area contributed by atoms with Gasteiger partial charge in [-0.1, -0.05) is 25.7 Å². The monoisotopic (exact) mass is 396 g/mol. The fourth-order valence-electron chi connectivity index (χ4n) is 5.55. The van der Waals surface area contributed by atoms with Gasteiger partial charge in [0.25, 0.3) is 0 Å². The predicted octanol–water partition coefficient (Wildman–Crippen LogP) is 2.48. The highest BCUT2D eigenvalue weighted by molar-refractivity contribution is 5.79. The van der Waals surface area contributed by atoms with Crippen LogP contribution >= 0.6 is 0 Å². The first-order valence-corrected chi connectivity index (χ1v) is 11.1. The largest absolute Gasteiger partial charge is 0.355 e. The molecule has 3 fully saturated rings. The van der Waals surface area contributed by atoms with E-state index in [9.17, 15) is 4.79 Å². The molecule has 2 atom stereocenters. The summed E-state index contributed by atoms with van der Waals surface area (Å²) in [7, 11) is 2.18. The standard InChI is InChI=1S/C22H32N6O/c1-27-14-10-18(25-21(29)17-7-4-2-3-5-8-17)22(27)11-6-13-28(16-22)20-9-12-24-19(15-23)26-20/h9,12,17-18H,2-8,10-11,13-14,16H2,1H3,(H,25,29). The minimum Gasteiger partial charge on any atom is -0.355 e. The Hall–Kier alpha value is -2.20. The SMILES string of the molecule is CN1CCC(NC(=O)C2CCCCCC2)C12CCCN(c1ccnc(C#N)n1)C2. The number of piperidine rings is 1. The van der Waals surface area contributed by atoms with Gasteiger partial charge in [0.15, 0.2) is 0 Å². The average Bonchev–Trinajstić information content (AvgIpc) is 2.96. The van der Waals surface area contributed by atoms with Gasteiger partial charge < -0.3 is 10.2 Å². The normalized spacial score (nSPS) is 28.8. The molecule has 7 heteroatoms. The van der Waals surface area contributed by atoms with Crippen LogP contribution < -0.4 is 10.2 Å². The maximum atomic E-state index is 13.1. The minimum atomic E-state index is -0.0730. The highest BCUT2D eigenvalue weighted by Gasteiger charge is 2.50. The Morgan fingerprint density at radius 3 is 2.76 bits per heavy atom. The summed E-state index contributed by atoms with van der Waals surface area (Å²) in [6.07, 6.45) is 11.7. The third-order valence-corrected chi connectivity index (χ3v) is 7.27. The number of carbonyl (C=O) groups excluding carboxylic acids is 1. The number of hydrogen-bond acceptors (Lipinski definition) is 6. The zero-order valence-corrected chi connectivity index (χ0v) is 17.4. The van der Waals surface area contributed by atoms with Crippen molar-refractivity contribution >= 4 is 11.7 Å². The third-order valence-electron chi connectivity index (χ3n) is 7.27. The fourth-order valence-corrected chi connectivity index (χ4v) is 5.55. The molecule has 7 nitrogen and oxygen atoms in total. The maximum Gasteiger partial charge on any atom is 0.234 e. The van der Waals surface area contributed by atoms with Crippen molar-refractivity contribution in [3.63, 3.8) is 0 Å². The second kappa shape index (κ2) is 8.66. The molecule has 2 aliphatic heterocycles. The van der Waals surface area contributed by atoms with Gasteiger partial charge in [0.1, 0.15) is 11.9 Å². The summed E-state index contributed by atoms with van der Waals surface area (Å²) in [6, 6.07) is 4.09. The molecule has 1 aromatic rings. The number of nitrogens with one attached hydrogen (secondary N) is 1. The highest BCUT2D eigenvalue weighted by Crippen LogP contribution is 2.38. The Morgan fingerprint density at radius 1 is 1.21 bits per heavy atom. The lowest BCUT2D eigenvalue weighted by atomic mass is 9.82. The van der Waals surface area contributed by atoms with Gasteiger partial charge in [0, 0.05) is 31.7 Å². The number of anilines is 1. The minimum absolute atomic E-state index is 0.0730. The number of aromatic nitrogens is 2. The first-order chi connectivity index (χ1) is 14.1. The number of nitrogens with zero attached hydrogens (tertiary/aromatic N) is 5. The van der Waals surface area contributed by atoms with Crippen LogP contribution in [0.25, 0.3) is 0 Å². The van der Waals surface area contributed by atoms with Gasteiger partial charge in [0.05, 0.1) is 11.6 Å². The van der Waals surface area contributed by atoms with Gasteiger partial charge in [-0.05, 0) is 45.2 Å². The molecule has 1 aromatic heterocycles. The number of rotatable bonds is 3. The van der Waals surface area contributed by atoms with Crippen molar-refractivity contribution in [3.8, 4) is 6.07 Å². The van der Waals surface area contributed by atoms with Gasteiger partial charge in [-0.25, -0.2) is 9.97 Å². The van der Waals surface area contributed by atoms with E-state index in [1.54, 1.807) is 6.20 Å². The number of hydrogen-bond donors (Lipinski definition) is 1. The lowest BCUT2D eigenvalue weighted by Gasteiger charge is -2.48. The zero-order chi connectivity index (χ0) is 20.3. The predicted molar refractivity (Wildman–Crippen MR) is 111 cm³/mol. The third kappa shape index (κ3) is 4.09. The van der Waals surface area contributed by atoms with E-state index in [0.29, 0.717) is 0 Å². The van der Waals surface area contributed by atoms with Gasteiger partial charge >= 0.3 is 0 Å². The average molecular weight is 397 g/mol. The quantitative estimate of drug-likeness (QED) is 0.790. The molecular formula is C22H32N6O. The van der Waals surface area contributed by atoms with Crippen molar-refractivity contribution in [2.75, 3.05) is 31.6 Å². The molecule has 1 N–H and O–H groups in total.